The van der Waals surface area contributed by atoms with Crippen LogP contribution in [0.3, 0.4) is 0 Å². The van der Waals surface area contributed by atoms with Gasteiger partial charge in [0, 0.05) is 20.2 Å². The van der Waals surface area contributed by atoms with Crippen molar-refractivity contribution in [2.45, 2.75) is 38.5 Å². The minimum atomic E-state index is 0.466. The van der Waals surface area contributed by atoms with E-state index in [0.29, 0.717) is 5.41 Å². The van der Waals surface area contributed by atoms with Crippen molar-refractivity contribution in [2.75, 3.05) is 26.8 Å². The van der Waals surface area contributed by atoms with Gasteiger partial charge in [-0.2, -0.15) is 0 Å². The molecule has 0 saturated heterocycles. The fourth-order valence-corrected chi connectivity index (χ4v) is 3.27. The van der Waals surface area contributed by atoms with E-state index in [1.165, 1.54) is 44.1 Å². The Bertz CT molecular complexity index is 344. The number of rotatable bonds is 7. The SMILES string of the molecule is COCCNCC1(Cc2ccccc2)CCCCC1. The Kier molecular flexibility index (Phi) is 5.87. The van der Waals surface area contributed by atoms with Gasteiger partial charge in [-0.15, -0.1) is 0 Å². The van der Waals surface area contributed by atoms with Crippen LogP contribution in [0.15, 0.2) is 30.3 Å². The maximum atomic E-state index is 5.12. The molecule has 0 aliphatic heterocycles. The van der Waals surface area contributed by atoms with Crippen LogP contribution in [-0.2, 0) is 11.2 Å². The molecular formula is C17H27NO. The van der Waals surface area contributed by atoms with E-state index in [4.69, 9.17) is 4.74 Å². The van der Waals surface area contributed by atoms with E-state index in [1.807, 2.05) is 0 Å². The van der Waals surface area contributed by atoms with Crippen LogP contribution < -0.4 is 5.32 Å². The van der Waals surface area contributed by atoms with Gasteiger partial charge in [-0.1, -0.05) is 49.6 Å². The predicted octanol–water partition coefficient (Wildman–Crippen LogP) is 3.42. The van der Waals surface area contributed by atoms with Crippen molar-refractivity contribution in [2.24, 2.45) is 5.41 Å². The van der Waals surface area contributed by atoms with Crippen LogP contribution in [0, 0.1) is 5.41 Å². The lowest BCUT2D eigenvalue weighted by Crippen LogP contribution is -2.39. The molecule has 1 N–H and O–H groups in total. The largest absolute Gasteiger partial charge is 0.383 e. The Morgan fingerprint density at radius 1 is 1.11 bits per heavy atom. The zero-order valence-corrected chi connectivity index (χ0v) is 12.2. The van der Waals surface area contributed by atoms with E-state index in [9.17, 15) is 0 Å². The highest BCUT2D eigenvalue weighted by Crippen LogP contribution is 2.38. The molecule has 1 saturated carbocycles. The van der Waals surface area contributed by atoms with Gasteiger partial charge in [0.05, 0.1) is 6.61 Å². The van der Waals surface area contributed by atoms with Crippen LogP contribution in [-0.4, -0.2) is 26.8 Å². The molecule has 106 valence electrons. The van der Waals surface area contributed by atoms with Gasteiger partial charge in [-0.25, -0.2) is 0 Å². The number of benzene rings is 1. The number of hydrogen-bond donors (Lipinski definition) is 1. The normalized spacial score (nSPS) is 18.4. The fraction of sp³-hybridized carbons (Fsp3) is 0.647. The maximum Gasteiger partial charge on any atom is 0.0587 e. The fourth-order valence-electron chi connectivity index (χ4n) is 3.27. The van der Waals surface area contributed by atoms with Crippen LogP contribution in [0.5, 0.6) is 0 Å². The second-order valence-electron chi connectivity index (χ2n) is 5.89. The van der Waals surface area contributed by atoms with Gasteiger partial charge in [-0.3, -0.25) is 0 Å². The van der Waals surface area contributed by atoms with E-state index in [0.717, 1.165) is 19.7 Å². The van der Waals surface area contributed by atoms with Crippen molar-refractivity contribution < 1.29 is 4.74 Å². The zero-order chi connectivity index (χ0) is 13.4. The third kappa shape index (κ3) is 4.63. The summed E-state index contributed by atoms with van der Waals surface area (Å²) in [5.74, 6) is 0. The van der Waals surface area contributed by atoms with Crippen LogP contribution in [0.4, 0.5) is 0 Å². The molecule has 2 rings (SSSR count). The third-order valence-corrected chi connectivity index (χ3v) is 4.32. The van der Waals surface area contributed by atoms with Crippen LogP contribution in [0.1, 0.15) is 37.7 Å². The molecule has 2 heteroatoms. The zero-order valence-electron chi connectivity index (χ0n) is 12.2. The van der Waals surface area contributed by atoms with Gasteiger partial charge < -0.3 is 10.1 Å². The molecule has 1 fully saturated rings. The lowest BCUT2D eigenvalue weighted by Gasteiger charge is -2.38. The molecule has 0 aromatic heterocycles. The molecule has 2 nitrogen and oxygen atoms in total. The summed E-state index contributed by atoms with van der Waals surface area (Å²) in [6, 6.07) is 11.0. The summed E-state index contributed by atoms with van der Waals surface area (Å²) in [6.07, 6.45) is 8.13. The minimum absolute atomic E-state index is 0.466. The van der Waals surface area contributed by atoms with Gasteiger partial charge in [-0.05, 0) is 30.2 Å². The molecule has 0 radical (unpaired) electrons. The molecule has 1 aromatic carbocycles. The first-order valence-electron chi connectivity index (χ1n) is 7.58. The summed E-state index contributed by atoms with van der Waals surface area (Å²) < 4.78 is 5.12. The number of hydrogen-bond acceptors (Lipinski definition) is 2. The van der Waals surface area contributed by atoms with E-state index < -0.39 is 0 Å². The van der Waals surface area contributed by atoms with Crippen molar-refractivity contribution in [3.8, 4) is 0 Å². The molecule has 19 heavy (non-hydrogen) atoms. The predicted molar refractivity (Wildman–Crippen MR) is 80.4 cm³/mol. The quantitative estimate of drug-likeness (QED) is 0.759. The Labute approximate surface area is 117 Å². The van der Waals surface area contributed by atoms with Crippen LogP contribution in [0.2, 0.25) is 0 Å². The molecule has 0 amide bonds. The molecule has 0 spiro atoms. The molecule has 0 atom stereocenters. The van der Waals surface area contributed by atoms with Gasteiger partial charge in [0.25, 0.3) is 0 Å². The summed E-state index contributed by atoms with van der Waals surface area (Å²) in [5, 5.41) is 3.59. The van der Waals surface area contributed by atoms with Crippen molar-refractivity contribution in [3.05, 3.63) is 35.9 Å². The third-order valence-electron chi connectivity index (χ3n) is 4.32. The summed E-state index contributed by atoms with van der Waals surface area (Å²) >= 11 is 0. The Morgan fingerprint density at radius 3 is 2.53 bits per heavy atom. The van der Waals surface area contributed by atoms with Crippen LogP contribution >= 0.6 is 0 Å². The Balaban J connectivity index is 1.94. The number of methoxy groups -OCH3 is 1. The molecule has 0 heterocycles. The second-order valence-corrected chi connectivity index (χ2v) is 5.89. The highest BCUT2D eigenvalue weighted by molar-refractivity contribution is 5.17. The van der Waals surface area contributed by atoms with Gasteiger partial charge >= 0.3 is 0 Å². The van der Waals surface area contributed by atoms with Crippen molar-refractivity contribution >= 4 is 0 Å². The first-order valence-corrected chi connectivity index (χ1v) is 7.58. The van der Waals surface area contributed by atoms with Gasteiger partial charge in [0.1, 0.15) is 0 Å². The van der Waals surface area contributed by atoms with Gasteiger partial charge in [0.2, 0.25) is 0 Å². The molecule has 0 unspecified atom stereocenters. The van der Waals surface area contributed by atoms with Crippen molar-refractivity contribution in [1.82, 2.24) is 5.32 Å². The highest BCUT2D eigenvalue weighted by Gasteiger charge is 2.31. The lowest BCUT2D eigenvalue weighted by atomic mass is 9.70. The maximum absolute atomic E-state index is 5.12. The smallest absolute Gasteiger partial charge is 0.0587 e. The Hall–Kier alpha value is -0.860. The lowest BCUT2D eigenvalue weighted by molar-refractivity contribution is 0.162. The monoisotopic (exact) mass is 261 g/mol. The van der Waals surface area contributed by atoms with E-state index in [-0.39, 0.29) is 0 Å². The topological polar surface area (TPSA) is 21.3 Å². The van der Waals surface area contributed by atoms with Crippen molar-refractivity contribution in [1.29, 1.82) is 0 Å². The average molecular weight is 261 g/mol. The minimum Gasteiger partial charge on any atom is -0.383 e. The summed E-state index contributed by atoms with van der Waals surface area (Å²) in [6.45, 7) is 2.90. The van der Waals surface area contributed by atoms with E-state index in [2.05, 4.69) is 35.6 Å². The standard InChI is InChI=1S/C17H27NO/c1-19-13-12-18-15-17(10-6-3-7-11-17)14-16-8-4-2-5-9-16/h2,4-5,8-9,18H,3,6-7,10-15H2,1H3. The average Bonchev–Trinajstić information content (AvgIpc) is 2.46. The second kappa shape index (κ2) is 7.66. The van der Waals surface area contributed by atoms with Crippen molar-refractivity contribution in [3.63, 3.8) is 0 Å². The summed E-state index contributed by atoms with van der Waals surface area (Å²) in [5.41, 5.74) is 1.95. The number of ether oxygens (including phenoxy) is 1. The van der Waals surface area contributed by atoms with Gasteiger partial charge in [0.15, 0.2) is 0 Å². The molecule has 0 bridgehead atoms. The molecule has 1 aliphatic rings. The molecule has 1 aromatic rings. The molecular weight excluding hydrogens is 234 g/mol. The Morgan fingerprint density at radius 2 is 1.84 bits per heavy atom. The van der Waals surface area contributed by atoms with Crippen LogP contribution in [0.25, 0.3) is 0 Å². The molecule has 1 aliphatic carbocycles. The number of nitrogens with one attached hydrogen (secondary N) is 1. The van der Waals surface area contributed by atoms with E-state index in [1.54, 1.807) is 7.11 Å². The summed E-state index contributed by atoms with van der Waals surface area (Å²) in [4.78, 5) is 0. The first-order chi connectivity index (χ1) is 9.35. The highest BCUT2D eigenvalue weighted by atomic mass is 16.5. The first kappa shape index (κ1) is 14.5. The van der Waals surface area contributed by atoms with E-state index >= 15 is 0 Å². The summed E-state index contributed by atoms with van der Waals surface area (Å²) in [7, 11) is 1.77.